The van der Waals surface area contributed by atoms with Crippen molar-refractivity contribution in [2.75, 3.05) is 51.6 Å². The number of fused-ring (bicyclic) bond motifs is 1. The van der Waals surface area contributed by atoms with E-state index < -0.39 is 0 Å². The Morgan fingerprint density at radius 2 is 1.68 bits per heavy atom. The van der Waals surface area contributed by atoms with E-state index >= 15 is 0 Å². The molecule has 1 aliphatic rings. The molecule has 1 fully saturated rings. The molecule has 0 atom stereocenters. The number of likely N-dealkylation sites (N-methyl/N-ethyl adjacent to an activating group) is 1. The second kappa shape index (κ2) is 8.20. The van der Waals surface area contributed by atoms with Crippen LogP contribution in [-0.2, 0) is 0 Å². The lowest BCUT2D eigenvalue weighted by atomic mass is 9.95. The van der Waals surface area contributed by atoms with Gasteiger partial charge in [0.2, 0.25) is 5.95 Å². The molecule has 0 aliphatic carbocycles. The Morgan fingerprint density at radius 3 is 2.43 bits per heavy atom. The molecule has 6 nitrogen and oxygen atoms in total. The molecule has 1 N–H and O–H groups in total. The summed E-state index contributed by atoms with van der Waals surface area (Å²) in [6.07, 6.45) is 0. The number of aromatic nitrogens is 3. The molecule has 146 valence electrons. The van der Waals surface area contributed by atoms with Gasteiger partial charge in [0.15, 0.2) is 0 Å². The van der Waals surface area contributed by atoms with Crippen LogP contribution in [0, 0.1) is 13.8 Å². The first-order valence-electron chi connectivity index (χ1n) is 9.96. The first kappa shape index (κ1) is 18.8. The summed E-state index contributed by atoms with van der Waals surface area (Å²) in [6, 6.07) is 12.6. The lowest BCUT2D eigenvalue weighted by molar-refractivity contribution is 0.158. The van der Waals surface area contributed by atoms with Crippen LogP contribution in [0.1, 0.15) is 11.1 Å². The lowest BCUT2D eigenvalue weighted by Crippen LogP contribution is -2.45. The van der Waals surface area contributed by atoms with Gasteiger partial charge in [-0.2, -0.15) is 0 Å². The average molecular weight is 377 g/mol. The van der Waals surface area contributed by atoms with Crippen molar-refractivity contribution >= 4 is 17.0 Å². The monoisotopic (exact) mass is 376 g/mol. The van der Waals surface area contributed by atoms with Gasteiger partial charge in [0.05, 0.1) is 5.52 Å². The van der Waals surface area contributed by atoms with Crippen LogP contribution >= 0.6 is 0 Å². The van der Waals surface area contributed by atoms with E-state index in [9.17, 15) is 0 Å². The number of aryl methyl sites for hydroxylation is 2. The predicted octanol–water partition coefficient (Wildman–Crippen LogP) is 2.97. The summed E-state index contributed by atoms with van der Waals surface area (Å²) in [5.41, 5.74) is 6.65. The highest BCUT2D eigenvalue weighted by molar-refractivity contribution is 5.83. The number of anilines is 1. The van der Waals surface area contributed by atoms with Gasteiger partial charge in [0.25, 0.3) is 0 Å². The van der Waals surface area contributed by atoms with Crippen LogP contribution in [0.25, 0.3) is 22.2 Å². The van der Waals surface area contributed by atoms with Crippen molar-refractivity contribution in [1.29, 1.82) is 0 Å². The van der Waals surface area contributed by atoms with Crippen LogP contribution in [0.3, 0.4) is 0 Å². The van der Waals surface area contributed by atoms with Crippen LogP contribution in [0.15, 0.2) is 36.4 Å². The molecule has 1 saturated heterocycles. The van der Waals surface area contributed by atoms with E-state index in [2.05, 4.69) is 81.5 Å². The molecule has 6 heteroatoms. The van der Waals surface area contributed by atoms with E-state index in [4.69, 9.17) is 0 Å². The average Bonchev–Trinajstić information content (AvgIpc) is 2.69. The molecule has 1 aromatic heterocycles. The summed E-state index contributed by atoms with van der Waals surface area (Å²) in [5.74, 6) is 0.599. The fourth-order valence-corrected chi connectivity index (χ4v) is 3.83. The molecule has 0 radical (unpaired) electrons. The minimum absolute atomic E-state index is 0.599. The number of benzene rings is 2. The van der Waals surface area contributed by atoms with E-state index in [0.717, 1.165) is 55.9 Å². The molecule has 0 unspecified atom stereocenters. The van der Waals surface area contributed by atoms with Crippen molar-refractivity contribution in [3.05, 3.63) is 47.5 Å². The Labute approximate surface area is 166 Å². The van der Waals surface area contributed by atoms with Gasteiger partial charge in [-0.25, -0.2) is 4.98 Å². The minimum Gasteiger partial charge on any atom is -0.352 e. The summed E-state index contributed by atoms with van der Waals surface area (Å²) in [6.45, 7) is 10.6. The molecule has 0 amide bonds. The van der Waals surface area contributed by atoms with E-state index in [1.165, 1.54) is 16.7 Å². The van der Waals surface area contributed by atoms with Crippen molar-refractivity contribution in [2.45, 2.75) is 13.8 Å². The quantitative estimate of drug-likeness (QED) is 0.739. The van der Waals surface area contributed by atoms with Gasteiger partial charge >= 0.3 is 0 Å². The fourth-order valence-electron chi connectivity index (χ4n) is 3.83. The molecule has 1 aliphatic heterocycles. The van der Waals surface area contributed by atoms with Crippen LogP contribution in [0.2, 0.25) is 0 Å². The third-order valence-electron chi connectivity index (χ3n) is 5.53. The first-order chi connectivity index (χ1) is 13.6. The maximum atomic E-state index is 4.64. The second-order valence-electron chi connectivity index (χ2n) is 7.68. The number of hydrogen-bond donors (Lipinski definition) is 1. The van der Waals surface area contributed by atoms with Crippen LogP contribution in [-0.4, -0.2) is 71.3 Å². The van der Waals surface area contributed by atoms with Crippen LogP contribution in [0.4, 0.5) is 5.95 Å². The highest BCUT2D eigenvalue weighted by Gasteiger charge is 2.13. The Bertz CT molecular complexity index is 942. The van der Waals surface area contributed by atoms with Crippen molar-refractivity contribution in [3.8, 4) is 11.1 Å². The highest BCUT2D eigenvalue weighted by Crippen LogP contribution is 2.28. The van der Waals surface area contributed by atoms with Gasteiger partial charge in [-0.15, -0.1) is 10.2 Å². The molecule has 0 bridgehead atoms. The zero-order valence-corrected chi connectivity index (χ0v) is 16.9. The van der Waals surface area contributed by atoms with Gasteiger partial charge < -0.3 is 10.2 Å². The first-order valence-corrected chi connectivity index (χ1v) is 9.96. The van der Waals surface area contributed by atoms with Crippen molar-refractivity contribution < 1.29 is 0 Å². The normalized spacial score (nSPS) is 15.8. The van der Waals surface area contributed by atoms with E-state index in [1.54, 1.807) is 0 Å². The third-order valence-corrected chi connectivity index (χ3v) is 5.53. The minimum atomic E-state index is 0.599. The maximum absolute atomic E-state index is 4.64. The summed E-state index contributed by atoms with van der Waals surface area (Å²) in [5, 5.41) is 12.0. The topological polar surface area (TPSA) is 57.2 Å². The molecule has 0 spiro atoms. The molecule has 28 heavy (non-hydrogen) atoms. The molecule has 2 heterocycles. The molecule has 3 aromatic rings. The lowest BCUT2D eigenvalue weighted by Gasteiger charge is -2.32. The fraction of sp³-hybridized carbons (Fsp3) is 0.409. The van der Waals surface area contributed by atoms with Crippen molar-refractivity contribution in [2.24, 2.45) is 0 Å². The number of nitrogens with zero attached hydrogens (tertiary/aromatic N) is 5. The predicted molar refractivity (Wildman–Crippen MR) is 115 cm³/mol. The second-order valence-corrected chi connectivity index (χ2v) is 7.68. The zero-order valence-electron chi connectivity index (χ0n) is 16.9. The Balaban J connectivity index is 1.45. The van der Waals surface area contributed by atoms with E-state index in [-0.39, 0.29) is 0 Å². The number of rotatable bonds is 5. The van der Waals surface area contributed by atoms with E-state index in [0.29, 0.717) is 5.95 Å². The van der Waals surface area contributed by atoms with Gasteiger partial charge in [-0.3, -0.25) is 4.90 Å². The Morgan fingerprint density at radius 1 is 0.929 bits per heavy atom. The summed E-state index contributed by atoms with van der Waals surface area (Å²) in [4.78, 5) is 9.48. The number of nitrogens with one attached hydrogen (secondary N) is 1. The molecule has 4 rings (SSSR count). The SMILES string of the molecule is Cc1cccc(C)c1-c1ccc2nc(NCCN3CCN(C)CC3)nnc2c1. The van der Waals surface area contributed by atoms with Crippen molar-refractivity contribution in [3.63, 3.8) is 0 Å². The summed E-state index contributed by atoms with van der Waals surface area (Å²) < 4.78 is 0. The highest BCUT2D eigenvalue weighted by atomic mass is 15.3. The number of piperazine rings is 1. The van der Waals surface area contributed by atoms with Crippen molar-refractivity contribution in [1.82, 2.24) is 25.0 Å². The largest absolute Gasteiger partial charge is 0.352 e. The maximum Gasteiger partial charge on any atom is 0.243 e. The zero-order chi connectivity index (χ0) is 19.5. The Kier molecular flexibility index (Phi) is 5.50. The standard InChI is InChI=1S/C22H28N6/c1-16-5-4-6-17(2)21(16)18-7-8-19-20(15-18)25-26-22(24-19)23-9-10-28-13-11-27(3)12-14-28/h4-8,15H,9-14H2,1-3H3,(H,23,24,26). The Hall–Kier alpha value is -2.57. The third kappa shape index (κ3) is 4.13. The van der Waals surface area contributed by atoms with Gasteiger partial charge in [-0.1, -0.05) is 24.3 Å². The van der Waals surface area contributed by atoms with E-state index in [1.807, 2.05) is 6.07 Å². The van der Waals surface area contributed by atoms with Gasteiger partial charge in [0.1, 0.15) is 5.52 Å². The smallest absolute Gasteiger partial charge is 0.243 e. The van der Waals surface area contributed by atoms with Crippen LogP contribution < -0.4 is 5.32 Å². The summed E-state index contributed by atoms with van der Waals surface area (Å²) >= 11 is 0. The molecular weight excluding hydrogens is 348 g/mol. The van der Waals surface area contributed by atoms with Gasteiger partial charge in [-0.05, 0) is 55.3 Å². The molecule has 2 aromatic carbocycles. The molecule has 0 saturated carbocycles. The van der Waals surface area contributed by atoms with Gasteiger partial charge in [0, 0.05) is 39.3 Å². The molecular formula is C22H28N6. The summed E-state index contributed by atoms with van der Waals surface area (Å²) in [7, 11) is 2.18. The number of hydrogen-bond acceptors (Lipinski definition) is 6. The van der Waals surface area contributed by atoms with Crippen LogP contribution in [0.5, 0.6) is 0 Å².